The first-order valence-corrected chi connectivity index (χ1v) is 4.67. The molecule has 2 atom stereocenters. The first kappa shape index (κ1) is 12.4. The van der Waals surface area contributed by atoms with E-state index in [-0.39, 0.29) is 6.61 Å². The minimum Gasteiger partial charge on any atom is -0.463 e. The van der Waals surface area contributed by atoms with Gasteiger partial charge in [-0.2, -0.15) is 0 Å². The van der Waals surface area contributed by atoms with Crippen molar-refractivity contribution in [3.8, 4) is 0 Å². The van der Waals surface area contributed by atoms with Gasteiger partial charge in [0.25, 0.3) is 6.29 Å². The van der Waals surface area contributed by atoms with Crippen LogP contribution in [-0.2, 0) is 28.6 Å². The predicted octanol–water partition coefficient (Wildman–Crippen LogP) is -0.0372. The van der Waals surface area contributed by atoms with Gasteiger partial charge in [-0.15, -0.1) is 0 Å². The lowest BCUT2D eigenvalue weighted by Gasteiger charge is -2.23. The number of hydrogen-bond acceptors (Lipinski definition) is 6. The molecule has 16 heavy (non-hydrogen) atoms. The number of esters is 2. The number of carbonyl (C=O) groups excluding carboxylic acids is 3. The summed E-state index contributed by atoms with van der Waals surface area (Å²) in [6.07, 6.45) is 0.866. The highest BCUT2D eigenvalue weighted by atomic mass is 16.7. The SMILES string of the molecule is CC(=O)OCC1C=CC(=O)C(OC(C)=O)O1. The maximum atomic E-state index is 11.2. The topological polar surface area (TPSA) is 78.9 Å². The first-order chi connectivity index (χ1) is 7.49. The summed E-state index contributed by atoms with van der Waals surface area (Å²) in [7, 11) is 0. The second-order valence-corrected chi connectivity index (χ2v) is 3.18. The van der Waals surface area contributed by atoms with E-state index in [0.29, 0.717) is 0 Å². The third kappa shape index (κ3) is 3.82. The summed E-state index contributed by atoms with van der Waals surface area (Å²) < 4.78 is 14.4. The minimum atomic E-state index is -1.25. The molecule has 0 saturated heterocycles. The van der Waals surface area contributed by atoms with E-state index in [1.807, 2.05) is 0 Å². The zero-order valence-corrected chi connectivity index (χ0v) is 8.97. The maximum absolute atomic E-state index is 11.2. The Bertz CT molecular complexity index is 332. The van der Waals surface area contributed by atoms with Crippen molar-refractivity contribution in [2.45, 2.75) is 26.2 Å². The first-order valence-electron chi connectivity index (χ1n) is 4.67. The van der Waals surface area contributed by atoms with Crippen molar-refractivity contribution in [1.82, 2.24) is 0 Å². The Kier molecular flexibility index (Phi) is 4.19. The van der Waals surface area contributed by atoms with Crippen LogP contribution >= 0.6 is 0 Å². The van der Waals surface area contributed by atoms with Gasteiger partial charge in [0.2, 0.25) is 5.78 Å². The van der Waals surface area contributed by atoms with Crippen LogP contribution in [0.4, 0.5) is 0 Å². The van der Waals surface area contributed by atoms with Crippen LogP contribution in [0.2, 0.25) is 0 Å². The molecule has 0 amide bonds. The van der Waals surface area contributed by atoms with Crippen LogP contribution in [0.1, 0.15) is 13.8 Å². The van der Waals surface area contributed by atoms with Gasteiger partial charge in [0.1, 0.15) is 12.7 Å². The summed E-state index contributed by atoms with van der Waals surface area (Å²) in [5.41, 5.74) is 0. The number of carbonyl (C=O) groups is 3. The molecule has 6 nitrogen and oxygen atoms in total. The molecule has 88 valence electrons. The molecule has 0 spiro atoms. The van der Waals surface area contributed by atoms with E-state index in [0.717, 1.165) is 0 Å². The molecular weight excluding hydrogens is 216 g/mol. The predicted molar refractivity (Wildman–Crippen MR) is 51.2 cm³/mol. The monoisotopic (exact) mass is 228 g/mol. The number of ketones is 1. The third-order valence-corrected chi connectivity index (χ3v) is 1.73. The molecular formula is C10H12O6. The Labute approximate surface area is 92.2 Å². The van der Waals surface area contributed by atoms with Crippen molar-refractivity contribution in [3.63, 3.8) is 0 Å². The molecule has 1 aliphatic heterocycles. The Morgan fingerprint density at radius 2 is 2.06 bits per heavy atom. The second-order valence-electron chi connectivity index (χ2n) is 3.18. The normalized spacial score (nSPS) is 24.0. The molecule has 0 aromatic carbocycles. The molecule has 0 saturated carbocycles. The highest BCUT2D eigenvalue weighted by Gasteiger charge is 2.28. The molecule has 0 bridgehead atoms. The fraction of sp³-hybridized carbons (Fsp3) is 0.500. The second kappa shape index (κ2) is 5.41. The van der Waals surface area contributed by atoms with E-state index in [2.05, 4.69) is 4.74 Å². The molecule has 0 fully saturated rings. The molecule has 2 unspecified atom stereocenters. The number of ether oxygens (including phenoxy) is 3. The van der Waals surface area contributed by atoms with Gasteiger partial charge in [-0.3, -0.25) is 14.4 Å². The minimum absolute atomic E-state index is 0.0170. The maximum Gasteiger partial charge on any atom is 0.305 e. The highest BCUT2D eigenvalue weighted by molar-refractivity contribution is 5.94. The summed E-state index contributed by atoms with van der Waals surface area (Å²) in [6.45, 7) is 2.42. The fourth-order valence-electron chi connectivity index (χ4n) is 1.08. The van der Waals surface area contributed by atoms with Crippen molar-refractivity contribution in [1.29, 1.82) is 0 Å². The van der Waals surface area contributed by atoms with E-state index in [4.69, 9.17) is 9.47 Å². The summed E-state index contributed by atoms with van der Waals surface area (Å²) in [6, 6.07) is 0. The van der Waals surface area contributed by atoms with Crippen molar-refractivity contribution >= 4 is 17.7 Å². The molecule has 0 aliphatic carbocycles. The van der Waals surface area contributed by atoms with E-state index in [9.17, 15) is 14.4 Å². The summed E-state index contributed by atoms with van der Waals surface area (Å²) in [4.78, 5) is 32.4. The average Bonchev–Trinajstić information content (AvgIpc) is 2.18. The van der Waals surface area contributed by atoms with Crippen LogP contribution in [0.15, 0.2) is 12.2 Å². The van der Waals surface area contributed by atoms with Gasteiger partial charge in [0, 0.05) is 13.8 Å². The Morgan fingerprint density at radius 3 is 2.62 bits per heavy atom. The quantitative estimate of drug-likeness (QED) is 0.631. The summed E-state index contributed by atoms with van der Waals surface area (Å²) in [5.74, 6) is -1.51. The molecule has 0 aromatic heterocycles. The molecule has 1 aliphatic rings. The smallest absolute Gasteiger partial charge is 0.305 e. The number of hydrogen-bond donors (Lipinski definition) is 0. The zero-order chi connectivity index (χ0) is 12.1. The van der Waals surface area contributed by atoms with Crippen molar-refractivity contribution in [3.05, 3.63) is 12.2 Å². The van der Waals surface area contributed by atoms with Crippen LogP contribution in [0, 0.1) is 0 Å². The molecule has 6 heteroatoms. The van der Waals surface area contributed by atoms with Crippen LogP contribution in [0.5, 0.6) is 0 Å². The van der Waals surface area contributed by atoms with Crippen LogP contribution in [-0.4, -0.2) is 36.7 Å². The van der Waals surface area contributed by atoms with Crippen LogP contribution in [0.25, 0.3) is 0 Å². The standard InChI is InChI=1S/C10H12O6/c1-6(11)14-5-8-3-4-9(13)10(16-8)15-7(2)12/h3-4,8,10H,5H2,1-2H3. The third-order valence-electron chi connectivity index (χ3n) is 1.73. The van der Waals surface area contributed by atoms with Crippen molar-refractivity contribution in [2.75, 3.05) is 6.61 Å². The molecule has 0 radical (unpaired) electrons. The Hall–Kier alpha value is -1.69. The van der Waals surface area contributed by atoms with E-state index >= 15 is 0 Å². The van der Waals surface area contributed by atoms with E-state index < -0.39 is 30.1 Å². The van der Waals surface area contributed by atoms with Gasteiger partial charge >= 0.3 is 11.9 Å². The Balaban J connectivity index is 2.52. The largest absolute Gasteiger partial charge is 0.463 e. The van der Waals surface area contributed by atoms with Gasteiger partial charge in [-0.1, -0.05) is 0 Å². The van der Waals surface area contributed by atoms with Crippen molar-refractivity contribution in [2.24, 2.45) is 0 Å². The molecule has 0 aromatic rings. The molecule has 1 rings (SSSR count). The zero-order valence-electron chi connectivity index (χ0n) is 8.97. The molecule has 1 heterocycles. The van der Waals surface area contributed by atoms with Crippen LogP contribution in [0.3, 0.4) is 0 Å². The number of rotatable bonds is 3. The van der Waals surface area contributed by atoms with Gasteiger partial charge in [-0.05, 0) is 12.2 Å². The van der Waals surface area contributed by atoms with Crippen LogP contribution < -0.4 is 0 Å². The van der Waals surface area contributed by atoms with Gasteiger partial charge in [0.05, 0.1) is 0 Å². The lowest BCUT2D eigenvalue weighted by atomic mass is 10.2. The Morgan fingerprint density at radius 1 is 1.38 bits per heavy atom. The molecule has 0 N–H and O–H groups in total. The van der Waals surface area contributed by atoms with Gasteiger partial charge < -0.3 is 14.2 Å². The van der Waals surface area contributed by atoms with E-state index in [1.54, 1.807) is 0 Å². The highest BCUT2D eigenvalue weighted by Crippen LogP contribution is 2.11. The lowest BCUT2D eigenvalue weighted by Crippen LogP contribution is -2.37. The summed E-state index contributed by atoms with van der Waals surface area (Å²) in [5, 5.41) is 0. The lowest BCUT2D eigenvalue weighted by molar-refractivity contribution is -0.192. The average molecular weight is 228 g/mol. The van der Waals surface area contributed by atoms with Gasteiger partial charge in [0.15, 0.2) is 0 Å². The van der Waals surface area contributed by atoms with Crippen molar-refractivity contribution < 1.29 is 28.6 Å². The fourth-order valence-corrected chi connectivity index (χ4v) is 1.08. The van der Waals surface area contributed by atoms with E-state index in [1.165, 1.54) is 26.0 Å². The summed E-state index contributed by atoms with van der Waals surface area (Å²) >= 11 is 0. The van der Waals surface area contributed by atoms with Gasteiger partial charge in [-0.25, -0.2) is 0 Å².